The van der Waals surface area contributed by atoms with Gasteiger partial charge in [0.2, 0.25) is 5.91 Å². The van der Waals surface area contributed by atoms with Crippen LogP contribution in [0.3, 0.4) is 0 Å². The van der Waals surface area contributed by atoms with Crippen LogP contribution in [0.25, 0.3) is 0 Å². The van der Waals surface area contributed by atoms with E-state index in [1.807, 2.05) is 25.1 Å². The van der Waals surface area contributed by atoms with E-state index in [0.29, 0.717) is 6.42 Å². The molecule has 0 aliphatic carbocycles. The number of anilines is 2. The second kappa shape index (κ2) is 4.56. The van der Waals surface area contributed by atoms with Crippen molar-refractivity contribution in [1.82, 2.24) is 0 Å². The first kappa shape index (κ1) is 11.0. The van der Waals surface area contributed by atoms with E-state index in [2.05, 4.69) is 17.6 Å². The number of carbonyl (C=O) groups excluding carboxylic acids is 1. The van der Waals surface area contributed by atoms with Gasteiger partial charge < -0.3 is 10.6 Å². The summed E-state index contributed by atoms with van der Waals surface area (Å²) in [6, 6.07) is 6.31. The van der Waals surface area contributed by atoms with E-state index in [9.17, 15) is 4.79 Å². The van der Waals surface area contributed by atoms with Gasteiger partial charge in [-0.25, -0.2) is 0 Å². The molecular formula is C13H18N2O. The van der Waals surface area contributed by atoms with Gasteiger partial charge >= 0.3 is 0 Å². The predicted octanol–water partition coefficient (Wildman–Crippen LogP) is 2.92. The van der Waals surface area contributed by atoms with Crippen molar-refractivity contribution in [3.8, 4) is 0 Å². The van der Waals surface area contributed by atoms with Crippen LogP contribution < -0.4 is 10.6 Å². The minimum Gasteiger partial charge on any atom is -0.380 e. The summed E-state index contributed by atoms with van der Waals surface area (Å²) in [7, 11) is 0. The predicted molar refractivity (Wildman–Crippen MR) is 66.7 cm³/mol. The van der Waals surface area contributed by atoms with Gasteiger partial charge in [0.25, 0.3) is 0 Å². The fourth-order valence-electron chi connectivity index (χ4n) is 2.16. The van der Waals surface area contributed by atoms with Crippen LogP contribution in [-0.2, 0) is 4.79 Å². The van der Waals surface area contributed by atoms with Crippen molar-refractivity contribution in [3.63, 3.8) is 0 Å². The first-order valence-electron chi connectivity index (χ1n) is 5.86. The topological polar surface area (TPSA) is 41.1 Å². The zero-order valence-corrected chi connectivity index (χ0v) is 9.84. The third-order valence-corrected chi connectivity index (χ3v) is 2.97. The van der Waals surface area contributed by atoms with Crippen LogP contribution in [0.1, 0.15) is 31.7 Å². The Morgan fingerprint density at radius 3 is 3.00 bits per heavy atom. The van der Waals surface area contributed by atoms with Crippen molar-refractivity contribution >= 4 is 17.3 Å². The SMILES string of the molecule is CCCC1CC(=O)Nc2c(C)cccc2N1. The highest BCUT2D eigenvalue weighted by atomic mass is 16.1. The Bertz CT molecular complexity index is 401. The number of para-hydroxylation sites is 1. The number of nitrogens with one attached hydrogen (secondary N) is 2. The summed E-state index contributed by atoms with van der Waals surface area (Å²) in [5.74, 6) is 0.110. The Morgan fingerprint density at radius 2 is 2.25 bits per heavy atom. The van der Waals surface area contributed by atoms with Crippen LogP contribution in [-0.4, -0.2) is 11.9 Å². The van der Waals surface area contributed by atoms with Gasteiger partial charge in [0.1, 0.15) is 0 Å². The Balaban J connectivity index is 2.31. The minimum atomic E-state index is 0.110. The quantitative estimate of drug-likeness (QED) is 0.801. The van der Waals surface area contributed by atoms with Crippen molar-refractivity contribution in [1.29, 1.82) is 0 Å². The Kier molecular flexibility index (Phi) is 3.13. The lowest BCUT2D eigenvalue weighted by Gasteiger charge is -2.16. The number of amides is 1. The average molecular weight is 218 g/mol. The molecule has 2 N–H and O–H groups in total. The molecule has 0 saturated heterocycles. The molecule has 3 nitrogen and oxygen atoms in total. The zero-order valence-electron chi connectivity index (χ0n) is 9.84. The van der Waals surface area contributed by atoms with Crippen LogP contribution in [0.5, 0.6) is 0 Å². The van der Waals surface area contributed by atoms with Crippen LogP contribution in [0.4, 0.5) is 11.4 Å². The lowest BCUT2D eigenvalue weighted by atomic mass is 10.1. The van der Waals surface area contributed by atoms with Crippen LogP contribution >= 0.6 is 0 Å². The fourth-order valence-corrected chi connectivity index (χ4v) is 2.16. The summed E-state index contributed by atoms with van der Waals surface area (Å²) in [6.07, 6.45) is 2.68. The van der Waals surface area contributed by atoms with Gasteiger partial charge in [-0.2, -0.15) is 0 Å². The molecule has 1 unspecified atom stereocenters. The molecule has 1 atom stereocenters. The Hall–Kier alpha value is -1.51. The summed E-state index contributed by atoms with van der Waals surface area (Å²) in [5, 5.41) is 6.43. The molecule has 2 rings (SSSR count). The van der Waals surface area contributed by atoms with E-state index in [0.717, 1.165) is 29.8 Å². The van der Waals surface area contributed by atoms with E-state index in [4.69, 9.17) is 0 Å². The number of fused-ring (bicyclic) bond motifs is 1. The van der Waals surface area contributed by atoms with Crippen LogP contribution in [0.2, 0.25) is 0 Å². The van der Waals surface area contributed by atoms with E-state index in [-0.39, 0.29) is 11.9 Å². The zero-order chi connectivity index (χ0) is 11.5. The Labute approximate surface area is 96.2 Å². The second-order valence-electron chi connectivity index (χ2n) is 4.38. The van der Waals surface area contributed by atoms with Crippen molar-refractivity contribution in [2.75, 3.05) is 10.6 Å². The molecule has 1 aliphatic rings. The van der Waals surface area contributed by atoms with Crippen molar-refractivity contribution in [2.45, 2.75) is 39.2 Å². The third-order valence-electron chi connectivity index (χ3n) is 2.97. The summed E-state index contributed by atoms with van der Waals surface area (Å²) < 4.78 is 0. The van der Waals surface area contributed by atoms with Gasteiger partial charge in [-0.3, -0.25) is 4.79 Å². The lowest BCUT2D eigenvalue weighted by molar-refractivity contribution is -0.116. The minimum absolute atomic E-state index is 0.110. The molecular weight excluding hydrogens is 200 g/mol. The number of rotatable bonds is 2. The number of carbonyl (C=O) groups is 1. The monoisotopic (exact) mass is 218 g/mol. The molecule has 1 aromatic rings. The molecule has 0 spiro atoms. The first-order valence-corrected chi connectivity index (χ1v) is 5.86. The van der Waals surface area contributed by atoms with E-state index >= 15 is 0 Å². The summed E-state index contributed by atoms with van der Waals surface area (Å²) in [6.45, 7) is 4.16. The molecule has 0 bridgehead atoms. The van der Waals surface area contributed by atoms with Gasteiger partial charge in [-0.1, -0.05) is 25.5 Å². The number of hydrogen-bond donors (Lipinski definition) is 2. The molecule has 1 aromatic carbocycles. The van der Waals surface area contributed by atoms with Crippen LogP contribution in [0.15, 0.2) is 18.2 Å². The standard InChI is InChI=1S/C13H18N2O/c1-3-5-10-8-12(16)15-13-9(2)6-4-7-11(13)14-10/h4,6-7,10,14H,3,5,8H2,1-2H3,(H,15,16). The highest BCUT2D eigenvalue weighted by Crippen LogP contribution is 2.29. The summed E-state index contributed by atoms with van der Waals surface area (Å²) >= 11 is 0. The maximum absolute atomic E-state index is 11.7. The molecule has 1 aliphatic heterocycles. The highest BCUT2D eigenvalue weighted by molar-refractivity contribution is 5.97. The summed E-state index contributed by atoms with van der Waals surface area (Å²) in [5.41, 5.74) is 3.09. The third kappa shape index (κ3) is 2.18. The van der Waals surface area contributed by atoms with E-state index < -0.39 is 0 Å². The number of benzene rings is 1. The fraction of sp³-hybridized carbons (Fsp3) is 0.462. The van der Waals surface area contributed by atoms with Crippen molar-refractivity contribution < 1.29 is 4.79 Å². The maximum Gasteiger partial charge on any atom is 0.226 e. The molecule has 0 radical (unpaired) electrons. The van der Waals surface area contributed by atoms with E-state index in [1.165, 1.54) is 0 Å². The molecule has 0 fully saturated rings. The second-order valence-corrected chi connectivity index (χ2v) is 4.38. The van der Waals surface area contributed by atoms with Gasteiger partial charge in [0.05, 0.1) is 11.4 Å². The molecule has 0 saturated carbocycles. The van der Waals surface area contributed by atoms with Crippen LogP contribution in [0, 0.1) is 6.92 Å². The highest BCUT2D eigenvalue weighted by Gasteiger charge is 2.20. The van der Waals surface area contributed by atoms with Gasteiger partial charge in [-0.15, -0.1) is 0 Å². The van der Waals surface area contributed by atoms with Gasteiger partial charge in [0, 0.05) is 12.5 Å². The maximum atomic E-state index is 11.7. The molecule has 86 valence electrons. The summed E-state index contributed by atoms with van der Waals surface area (Å²) in [4.78, 5) is 11.7. The molecule has 1 amide bonds. The lowest BCUT2D eigenvalue weighted by Crippen LogP contribution is -2.22. The van der Waals surface area contributed by atoms with Crippen molar-refractivity contribution in [3.05, 3.63) is 23.8 Å². The van der Waals surface area contributed by atoms with E-state index in [1.54, 1.807) is 0 Å². The molecule has 0 aromatic heterocycles. The number of hydrogen-bond acceptors (Lipinski definition) is 2. The first-order chi connectivity index (χ1) is 7.70. The molecule has 16 heavy (non-hydrogen) atoms. The average Bonchev–Trinajstić information content (AvgIpc) is 2.38. The largest absolute Gasteiger partial charge is 0.380 e. The smallest absolute Gasteiger partial charge is 0.226 e. The van der Waals surface area contributed by atoms with Gasteiger partial charge in [0.15, 0.2) is 0 Å². The molecule has 1 heterocycles. The van der Waals surface area contributed by atoms with Crippen molar-refractivity contribution in [2.24, 2.45) is 0 Å². The molecule has 3 heteroatoms. The normalized spacial score (nSPS) is 19.4. The Morgan fingerprint density at radius 1 is 1.44 bits per heavy atom. The van der Waals surface area contributed by atoms with Gasteiger partial charge in [-0.05, 0) is 25.0 Å². The number of aryl methyl sites for hydroxylation is 1.